The Morgan fingerprint density at radius 2 is 1.45 bits per heavy atom. The van der Waals surface area contributed by atoms with Crippen molar-refractivity contribution in [3.8, 4) is 0 Å². The van der Waals surface area contributed by atoms with E-state index >= 15 is 0 Å². The first-order chi connectivity index (χ1) is 31.3. The van der Waals surface area contributed by atoms with Crippen molar-refractivity contribution >= 4 is 60.6 Å². The Labute approximate surface area is 400 Å². The van der Waals surface area contributed by atoms with Gasteiger partial charge in [0, 0.05) is 13.8 Å². The summed E-state index contributed by atoms with van der Waals surface area (Å²) in [4.78, 5) is 63.0. The van der Waals surface area contributed by atoms with Crippen molar-refractivity contribution < 1.29 is 33.4 Å². The molecule has 4 aromatic rings. The van der Waals surface area contributed by atoms with E-state index in [1.165, 1.54) is 11.8 Å². The Morgan fingerprint density at radius 1 is 0.864 bits per heavy atom. The first-order valence-corrected chi connectivity index (χ1v) is 28.3. The summed E-state index contributed by atoms with van der Waals surface area (Å²) >= 11 is 3.21. The molecule has 3 aromatic carbocycles. The van der Waals surface area contributed by atoms with Crippen LogP contribution in [0.1, 0.15) is 82.5 Å². The van der Waals surface area contributed by atoms with E-state index < -0.39 is 60.0 Å². The summed E-state index contributed by atoms with van der Waals surface area (Å²) in [6.07, 6.45) is 2.71. The summed E-state index contributed by atoms with van der Waals surface area (Å²) in [6.45, 7) is 17.9. The molecule has 1 aliphatic heterocycles. The van der Waals surface area contributed by atoms with E-state index in [1.54, 1.807) is 45.9 Å². The fourth-order valence-corrected chi connectivity index (χ4v) is 10.4. The molecule has 1 aromatic heterocycles. The average Bonchev–Trinajstić information content (AvgIpc) is 3.69. The second-order valence-electron chi connectivity index (χ2n) is 19.1. The third kappa shape index (κ3) is 15.2. The van der Waals surface area contributed by atoms with Crippen LogP contribution in [0.5, 0.6) is 0 Å². The quantitative estimate of drug-likeness (QED) is 0.0207. The molecule has 352 valence electrons. The molecule has 3 unspecified atom stereocenters. The van der Waals surface area contributed by atoms with Gasteiger partial charge in [-0.1, -0.05) is 137 Å². The number of hydrogen-bond donors (Lipinski definition) is 2. The third-order valence-corrected chi connectivity index (χ3v) is 15.2. The van der Waals surface area contributed by atoms with Crippen LogP contribution in [-0.2, 0) is 39.9 Å². The molecular formula is C52H66N4O7S2Si. The number of ether oxygens (including phenoxy) is 3. The van der Waals surface area contributed by atoms with Gasteiger partial charge in [-0.15, -0.1) is 23.5 Å². The maximum atomic E-state index is 14.1. The molecule has 0 radical (unpaired) electrons. The Balaban J connectivity index is 1.30. The number of allylic oxidation sites excluding steroid dienone is 1. The zero-order valence-electron chi connectivity index (χ0n) is 39.8. The molecule has 5 rings (SSSR count). The predicted octanol–water partition coefficient (Wildman–Crippen LogP) is 10.4. The number of thioether (sulfide) groups is 2. The molecule has 0 bridgehead atoms. The van der Waals surface area contributed by atoms with Crippen LogP contribution in [0.4, 0.5) is 4.79 Å². The Hall–Kier alpha value is -5.18. The summed E-state index contributed by atoms with van der Waals surface area (Å²) < 4.78 is 16.6. The van der Waals surface area contributed by atoms with Crippen molar-refractivity contribution in [1.29, 1.82) is 0 Å². The maximum Gasteiger partial charge on any atom is 0.407 e. The van der Waals surface area contributed by atoms with Gasteiger partial charge in [0.25, 0.3) is 0 Å². The van der Waals surface area contributed by atoms with Gasteiger partial charge in [-0.05, 0) is 86.7 Å². The number of aliphatic imine (C=N–C) groups is 1. The average molecular weight is 951 g/mol. The van der Waals surface area contributed by atoms with Gasteiger partial charge in [0.05, 0.1) is 35.7 Å². The second-order valence-corrected chi connectivity index (χ2v) is 27.0. The fourth-order valence-electron chi connectivity index (χ4n) is 7.08. The molecule has 0 saturated heterocycles. The molecule has 0 saturated carbocycles. The molecule has 2 heterocycles. The van der Waals surface area contributed by atoms with Crippen molar-refractivity contribution in [2.24, 2.45) is 10.9 Å². The van der Waals surface area contributed by atoms with Crippen LogP contribution < -0.4 is 10.6 Å². The molecule has 3 atom stereocenters. The number of hydrogen-bond acceptors (Lipinski definition) is 11. The smallest absolute Gasteiger partial charge is 0.407 e. The molecule has 11 nitrogen and oxygen atoms in total. The van der Waals surface area contributed by atoms with Crippen molar-refractivity contribution in [3.63, 3.8) is 0 Å². The van der Waals surface area contributed by atoms with Gasteiger partial charge in [-0.25, -0.2) is 14.6 Å². The van der Waals surface area contributed by atoms with E-state index in [9.17, 15) is 19.2 Å². The lowest BCUT2D eigenvalue weighted by atomic mass is 9.84. The third-order valence-electron chi connectivity index (χ3n) is 10.6. The lowest BCUT2D eigenvalue weighted by molar-refractivity contribution is -0.156. The fraction of sp³-hybridized carbons (Fsp3) is 0.423. The van der Waals surface area contributed by atoms with E-state index in [0.717, 1.165) is 22.7 Å². The largest absolute Gasteiger partial charge is 0.466 e. The summed E-state index contributed by atoms with van der Waals surface area (Å²) in [5.74, 6) is -0.852. The number of carbonyl (C=O) groups is 4. The zero-order chi connectivity index (χ0) is 48.0. The van der Waals surface area contributed by atoms with Crippen molar-refractivity contribution in [2.75, 3.05) is 18.1 Å². The zero-order valence-corrected chi connectivity index (χ0v) is 42.4. The number of nitrogens with zero attached hydrogens (tertiary/aromatic N) is 2. The van der Waals surface area contributed by atoms with Gasteiger partial charge < -0.3 is 24.8 Å². The number of aromatic nitrogens is 1. The maximum absolute atomic E-state index is 14.1. The predicted molar refractivity (Wildman–Crippen MR) is 271 cm³/mol. The molecule has 66 heavy (non-hydrogen) atoms. The molecule has 1 aliphatic rings. The van der Waals surface area contributed by atoms with E-state index in [4.69, 9.17) is 19.2 Å². The molecule has 2 amide bonds. The molecule has 0 spiro atoms. The molecular weight excluding hydrogens is 885 g/mol. The van der Waals surface area contributed by atoms with Crippen molar-refractivity contribution in [2.45, 2.75) is 115 Å². The second kappa shape index (κ2) is 23.5. The highest BCUT2D eigenvalue weighted by atomic mass is 32.2. The number of amides is 2. The number of pyridine rings is 1. The first-order valence-electron chi connectivity index (χ1n) is 22.6. The van der Waals surface area contributed by atoms with Crippen molar-refractivity contribution in [3.05, 3.63) is 149 Å². The summed E-state index contributed by atoms with van der Waals surface area (Å²) in [5, 5.41) is 6.22. The van der Waals surface area contributed by atoms with Crippen molar-refractivity contribution in [1.82, 2.24) is 15.6 Å². The summed E-state index contributed by atoms with van der Waals surface area (Å²) in [5.41, 5.74) is 2.81. The van der Waals surface area contributed by atoms with E-state index in [-0.39, 0.29) is 18.9 Å². The van der Waals surface area contributed by atoms with Crippen LogP contribution in [0.25, 0.3) is 0 Å². The van der Waals surface area contributed by atoms with Crippen LogP contribution in [0.3, 0.4) is 0 Å². The number of alkyl carbamates (subject to hydrolysis) is 1. The van der Waals surface area contributed by atoms with Gasteiger partial charge in [0.2, 0.25) is 5.91 Å². The van der Waals surface area contributed by atoms with Gasteiger partial charge in [0.15, 0.2) is 0 Å². The lowest BCUT2D eigenvalue weighted by Gasteiger charge is -2.35. The minimum atomic E-state index is -1.46. The van der Waals surface area contributed by atoms with Gasteiger partial charge in [-0.3, -0.25) is 14.6 Å². The standard InChI is InChI=1S/C52H66N4O7S2Si/c1-37(2)45(55-48(59)51(6)36-64-46(56-51)43-30-21-28-41(54-43)35-53-49(60)63-50(3,4)5)47(58)62-42(34-44(57)61-31-33-66(7,8)9)29-19-20-32-65-52(38-22-13-10-14-23-38,39-24-15-11-16-25-39)40-26-17-12-18-27-40/h10-19,21-30,37,42,45H,20,31-36H2,1-9H3,(H,53,60)(H,55,59)/b29-19+. The van der Waals surface area contributed by atoms with E-state index in [0.29, 0.717) is 41.0 Å². The Morgan fingerprint density at radius 3 is 2.00 bits per heavy atom. The minimum Gasteiger partial charge on any atom is -0.466 e. The van der Waals surface area contributed by atoms with Gasteiger partial charge in [-0.2, -0.15) is 0 Å². The topological polar surface area (TPSA) is 145 Å². The highest BCUT2D eigenvalue weighted by Crippen LogP contribution is 2.48. The minimum absolute atomic E-state index is 0.152. The molecule has 0 fully saturated rings. The van der Waals surface area contributed by atoms with Crippen LogP contribution in [0, 0.1) is 5.92 Å². The molecule has 2 N–H and O–H groups in total. The van der Waals surface area contributed by atoms with Gasteiger partial charge in [0.1, 0.15) is 28.3 Å². The Bertz CT molecular complexity index is 2200. The van der Waals surface area contributed by atoms with E-state index in [1.807, 2.05) is 56.0 Å². The number of nitrogens with one attached hydrogen (secondary N) is 2. The summed E-state index contributed by atoms with van der Waals surface area (Å²) in [6, 6.07) is 36.7. The number of benzene rings is 3. The molecule has 0 aliphatic carbocycles. The van der Waals surface area contributed by atoms with E-state index in [2.05, 4.69) is 108 Å². The monoisotopic (exact) mass is 950 g/mol. The SMILES string of the molecule is CC(C)C(NC(=O)C1(C)CSC(c2cccc(CNC(=O)OC(C)(C)C)n2)=N1)C(=O)OC(/C=C/CCSC(c1ccccc1)(c1ccccc1)c1ccccc1)CC(=O)OCC[Si](C)(C)C. The molecule has 14 heteroatoms. The van der Waals surface area contributed by atoms with Crippen LogP contribution in [-0.4, -0.2) is 83.4 Å². The normalized spacial score (nSPS) is 16.3. The Kier molecular flexibility index (Phi) is 18.5. The lowest BCUT2D eigenvalue weighted by Crippen LogP contribution is -2.53. The van der Waals surface area contributed by atoms with Crippen LogP contribution in [0.2, 0.25) is 25.7 Å². The highest BCUT2D eigenvalue weighted by Gasteiger charge is 2.42. The number of rotatable bonds is 21. The first kappa shape index (κ1) is 51.8. The highest BCUT2D eigenvalue weighted by molar-refractivity contribution is 8.14. The van der Waals surface area contributed by atoms with Crippen LogP contribution in [0.15, 0.2) is 126 Å². The number of carbonyl (C=O) groups excluding carboxylic acids is 4. The van der Waals surface area contributed by atoms with Crippen LogP contribution >= 0.6 is 23.5 Å². The van der Waals surface area contributed by atoms with Gasteiger partial charge >= 0.3 is 18.0 Å². The number of esters is 2. The summed E-state index contributed by atoms with van der Waals surface area (Å²) in [7, 11) is -1.46.